The zero-order valence-electron chi connectivity index (χ0n) is 32.2. The second kappa shape index (κ2) is 18.3. The molecule has 0 bridgehead atoms. The molecule has 4 aliphatic carbocycles. The van der Waals surface area contributed by atoms with Crippen LogP contribution in [0, 0.1) is 51.8 Å². The van der Waals surface area contributed by atoms with Gasteiger partial charge in [-0.15, -0.1) is 0 Å². The van der Waals surface area contributed by atoms with Crippen molar-refractivity contribution >= 4 is 5.97 Å². The van der Waals surface area contributed by atoms with Crippen LogP contribution in [0.3, 0.4) is 0 Å². The van der Waals surface area contributed by atoms with Crippen LogP contribution < -0.4 is 0 Å². The maximum atomic E-state index is 11.6. The third-order valence-electron chi connectivity index (χ3n) is 15.1. The lowest BCUT2D eigenvalue weighted by Crippen LogP contribution is -2.50. The maximum absolute atomic E-state index is 11.6. The first-order chi connectivity index (χ1) is 22.5. The summed E-state index contributed by atoms with van der Waals surface area (Å²) in [7, 11) is 0. The first kappa shape index (κ1) is 38.7. The van der Waals surface area contributed by atoms with Crippen LogP contribution in [0.15, 0.2) is 23.8 Å². The maximum Gasteiger partial charge on any atom is 0.303 e. The summed E-state index contributed by atoms with van der Waals surface area (Å²) in [4.78, 5) is 11.6. The lowest BCUT2D eigenvalue weighted by Gasteiger charge is -2.58. The van der Waals surface area contributed by atoms with Crippen LogP contribution in [0.25, 0.3) is 0 Å². The molecular formula is C45H78O2. The van der Waals surface area contributed by atoms with E-state index in [9.17, 15) is 9.90 Å². The quantitative estimate of drug-likeness (QED) is 0.0991. The van der Waals surface area contributed by atoms with Crippen LogP contribution in [0.1, 0.15) is 202 Å². The average Bonchev–Trinajstić information content (AvgIpc) is 3.39. The number of allylic oxidation sites excluding steroid dienone is 4. The zero-order chi connectivity index (χ0) is 33.9. The van der Waals surface area contributed by atoms with Gasteiger partial charge >= 0.3 is 5.97 Å². The number of carbonyl (C=O) groups is 1. The van der Waals surface area contributed by atoms with Crippen molar-refractivity contribution in [1.29, 1.82) is 0 Å². The van der Waals surface area contributed by atoms with Gasteiger partial charge in [0.2, 0.25) is 0 Å². The van der Waals surface area contributed by atoms with Crippen molar-refractivity contribution in [2.24, 2.45) is 51.8 Å². The Balaban J connectivity index is 1.22. The molecule has 0 amide bonds. The highest BCUT2D eigenvalue weighted by Crippen LogP contribution is 2.67. The van der Waals surface area contributed by atoms with Gasteiger partial charge in [0.25, 0.3) is 0 Å². The van der Waals surface area contributed by atoms with Crippen LogP contribution in [-0.4, -0.2) is 11.1 Å². The molecule has 1 N–H and O–H groups in total. The number of rotatable bonds is 21. The molecule has 0 radical (unpaired) electrons. The standard InChI is InChI=1S/C45H78O2/c1-7-8-9-10-11-12-13-14-15-16-17-18-23-36(26-30-42(46)47)43(3,4)32-21-22-35(2)39-28-29-40-38-27-25-37-24-19-20-33-44(37,5)41(38)31-34-45(39,40)6/h14-15,25,35-36,38-41H,7-13,16-24,26-34H2,1-6H3,(H,46,47)/t35-,36?,38?,39-,40?,41?,44+,45-/m1/s1. The predicted molar refractivity (Wildman–Crippen MR) is 203 cm³/mol. The number of carboxylic acids is 1. The van der Waals surface area contributed by atoms with Crippen molar-refractivity contribution in [2.75, 3.05) is 0 Å². The van der Waals surface area contributed by atoms with Gasteiger partial charge in [0, 0.05) is 6.42 Å². The Hall–Kier alpha value is -1.05. The van der Waals surface area contributed by atoms with E-state index in [-0.39, 0.29) is 5.41 Å². The molecular weight excluding hydrogens is 572 g/mol. The predicted octanol–water partition coefficient (Wildman–Crippen LogP) is 14.1. The molecule has 4 unspecified atom stereocenters. The lowest BCUT2D eigenvalue weighted by atomic mass is 9.47. The summed E-state index contributed by atoms with van der Waals surface area (Å²) in [5.41, 5.74) is 3.11. The van der Waals surface area contributed by atoms with Gasteiger partial charge in [0.05, 0.1) is 0 Å². The molecule has 2 nitrogen and oxygen atoms in total. The molecule has 0 aliphatic heterocycles. The molecule has 4 aliphatic rings. The Kier molecular flexibility index (Phi) is 15.1. The Morgan fingerprint density at radius 3 is 2.36 bits per heavy atom. The van der Waals surface area contributed by atoms with E-state index in [4.69, 9.17) is 0 Å². The minimum Gasteiger partial charge on any atom is -0.481 e. The second-order valence-electron chi connectivity index (χ2n) is 18.5. The molecule has 4 rings (SSSR count). The minimum atomic E-state index is -0.627. The highest BCUT2D eigenvalue weighted by atomic mass is 16.4. The van der Waals surface area contributed by atoms with E-state index in [1.807, 2.05) is 5.57 Å². The molecule has 47 heavy (non-hydrogen) atoms. The fraction of sp³-hybridized carbons (Fsp3) is 0.889. The monoisotopic (exact) mass is 651 g/mol. The fourth-order valence-electron chi connectivity index (χ4n) is 12.1. The minimum absolute atomic E-state index is 0.213. The summed E-state index contributed by atoms with van der Waals surface area (Å²) in [6, 6.07) is 0. The van der Waals surface area contributed by atoms with Crippen LogP contribution in [0.4, 0.5) is 0 Å². The van der Waals surface area contributed by atoms with E-state index in [0.717, 1.165) is 36.0 Å². The van der Waals surface area contributed by atoms with Gasteiger partial charge < -0.3 is 5.11 Å². The summed E-state index contributed by atoms with van der Waals surface area (Å²) >= 11 is 0. The molecule has 270 valence electrons. The topological polar surface area (TPSA) is 37.3 Å². The van der Waals surface area contributed by atoms with Crippen molar-refractivity contribution in [2.45, 2.75) is 202 Å². The SMILES string of the molecule is CCCCCCCCC=CCCCCC(CCC(=O)O)C(C)(C)CCC[C@@H](C)[C@H]1CCC2C3CC=C4CCCC[C@]4(C)C3CC[C@@]21C. The van der Waals surface area contributed by atoms with Crippen LogP contribution >= 0.6 is 0 Å². The molecule has 2 heteroatoms. The number of aliphatic carboxylic acids is 1. The van der Waals surface area contributed by atoms with Crippen molar-refractivity contribution in [3.8, 4) is 0 Å². The Morgan fingerprint density at radius 1 is 0.894 bits per heavy atom. The van der Waals surface area contributed by atoms with Gasteiger partial charge in [0.15, 0.2) is 0 Å². The lowest BCUT2D eigenvalue weighted by molar-refractivity contribution is -0.137. The zero-order valence-corrected chi connectivity index (χ0v) is 32.2. The van der Waals surface area contributed by atoms with Gasteiger partial charge in [-0.05, 0) is 148 Å². The molecule has 0 aromatic heterocycles. The third kappa shape index (κ3) is 10.0. The molecule has 0 heterocycles. The highest BCUT2D eigenvalue weighted by Gasteiger charge is 2.58. The molecule has 0 spiro atoms. The van der Waals surface area contributed by atoms with Crippen molar-refractivity contribution in [3.05, 3.63) is 23.8 Å². The van der Waals surface area contributed by atoms with Gasteiger partial charge in [-0.25, -0.2) is 0 Å². The van der Waals surface area contributed by atoms with E-state index in [2.05, 4.69) is 59.8 Å². The Labute approximate surface area is 292 Å². The summed E-state index contributed by atoms with van der Waals surface area (Å²) in [5.74, 6) is 4.39. The third-order valence-corrected chi connectivity index (χ3v) is 15.1. The number of fused-ring (bicyclic) bond motifs is 5. The molecule has 3 saturated carbocycles. The Morgan fingerprint density at radius 2 is 1.62 bits per heavy atom. The Bertz CT molecular complexity index is 1010. The van der Waals surface area contributed by atoms with Crippen LogP contribution in [-0.2, 0) is 4.79 Å². The van der Waals surface area contributed by atoms with Crippen molar-refractivity contribution in [3.63, 3.8) is 0 Å². The molecule has 0 saturated heterocycles. The van der Waals surface area contributed by atoms with Gasteiger partial charge in [-0.3, -0.25) is 4.79 Å². The summed E-state index contributed by atoms with van der Waals surface area (Å²) in [6.07, 6.45) is 39.8. The van der Waals surface area contributed by atoms with Crippen molar-refractivity contribution in [1.82, 2.24) is 0 Å². The fourth-order valence-corrected chi connectivity index (χ4v) is 12.1. The molecule has 8 atom stereocenters. The summed E-state index contributed by atoms with van der Waals surface area (Å²) in [5, 5.41) is 9.52. The number of carboxylic acid groups (broad SMARTS) is 1. The van der Waals surface area contributed by atoms with Crippen LogP contribution in [0.5, 0.6) is 0 Å². The number of unbranched alkanes of at least 4 members (excludes halogenated alkanes) is 8. The molecule has 3 fully saturated rings. The van der Waals surface area contributed by atoms with E-state index in [0.29, 0.717) is 23.2 Å². The largest absolute Gasteiger partial charge is 0.481 e. The molecule has 0 aromatic carbocycles. The number of hydrogen-bond donors (Lipinski definition) is 1. The second-order valence-corrected chi connectivity index (χ2v) is 18.5. The van der Waals surface area contributed by atoms with E-state index < -0.39 is 5.97 Å². The summed E-state index contributed by atoms with van der Waals surface area (Å²) in [6.45, 7) is 15.2. The van der Waals surface area contributed by atoms with Gasteiger partial charge in [-0.1, -0.05) is 123 Å². The smallest absolute Gasteiger partial charge is 0.303 e. The summed E-state index contributed by atoms with van der Waals surface area (Å²) < 4.78 is 0. The van der Waals surface area contributed by atoms with Crippen LogP contribution in [0.2, 0.25) is 0 Å². The van der Waals surface area contributed by atoms with E-state index in [1.54, 1.807) is 0 Å². The van der Waals surface area contributed by atoms with Gasteiger partial charge in [0.1, 0.15) is 0 Å². The van der Waals surface area contributed by atoms with Gasteiger partial charge in [-0.2, -0.15) is 0 Å². The number of hydrogen-bond acceptors (Lipinski definition) is 1. The van der Waals surface area contributed by atoms with Crippen molar-refractivity contribution < 1.29 is 9.90 Å². The first-order valence-corrected chi connectivity index (χ1v) is 21.1. The normalized spacial score (nSPS) is 32.0. The van der Waals surface area contributed by atoms with E-state index >= 15 is 0 Å². The van der Waals surface area contributed by atoms with E-state index in [1.165, 1.54) is 148 Å². The molecule has 0 aromatic rings. The average molecular weight is 651 g/mol. The first-order valence-electron chi connectivity index (χ1n) is 21.1. The highest BCUT2D eigenvalue weighted by molar-refractivity contribution is 5.66.